The zero-order valence-corrected chi connectivity index (χ0v) is 51.3. The van der Waals surface area contributed by atoms with E-state index in [1.165, 1.54) is 205 Å². The fourth-order valence-electron chi connectivity index (χ4n) is 14.1. The molecule has 0 amide bonds. The van der Waals surface area contributed by atoms with Gasteiger partial charge in [0.15, 0.2) is 0 Å². The quantitative estimate of drug-likeness (QED) is 0.0465. The van der Waals surface area contributed by atoms with E-state index in [0.717, 1.165) is 25.7 Å². The minimum Gasteiger partial charge on any atom is -0.310 e. The topological polar surface area (TPSA) is 6.48 Å². The average molecular weight is 1130 g/mol. The van der Waals surface area contributed by atoms with Gasteiger partial charge in [0.05, 0.1) is 11.4 Å². The van der Waals surface area contributed by atoms with E-state index in [-0.39, 0.29) is 6.71 Å². The van der Waals surface area contributed by atoms with E-state index < -0.39 is 0 Å². The third-order valence-corrected chi connectivity index (χ3v) is 18.4. The van der Waals surface area contributed by atoms with Crippen molar-refractivity contribution in [3.05, 3.63) is 271 Å². The lowest BCUT2D eigenvalue weighted by atomic mass is 9.33. The molecule has 0 aromatic heterocycles. The smallest absolute Gasteiger partial charge is 0.252 e. The lowest BCUT2D eigenvalue weighted by molar-refractivity contribution is 0.667. The minimum absolute atomic E-state index is 0.0410. The number of anilines is 6. The molecule has 0 unspecified atom stereocenters. The van der Waals surface area contributed by atoms with E-state index in [0.29, 0.717) is 0 Å². The van der Waals surface area contributed by atoms with E-state index >= 15 is 0 Å². The first-order valence-electron chi connectivity index (χ1n) is 32.8. The highest BCUT2D eigenvalue weighted by atomic mass is 15.2. The summed E-state index contributed by atoms with van der Waals surface area (Å²) in [4.78, 5) is 5.51. The Labute approximate surface area is 519 Å². The second-order valence-corrected chi connectivity index (χ2v) is 24.4. The van der Waals surface area contributed by atoms with Gasteiger partial charge in [-0.05, 0) is 165 Å². The van der Waals surface area contributed by atoms with Crippen LogP contribution in [0.5, 0.6) is 0 Å². The summed E-state index contributed by atoms with van der Waals surface area (Å²) in [6.07, 6.45) is 17.6. The van der Waals surface area contributed by atoms with Crippen molar-refractivity contribution >= 4 is 57.2 Å². The van der Waals surface area contributed by atoms with E-state index in [9.17, 15) is 0 Å². The molecule has 11 aromatic rings. The summed E-state index contributed by atoms with van der Waals surface area (Å²) in [5.41, 5.74) is 30.2. The van der Waals surface area contributed by atoms with Gasteiger partial charge >= 0.3 is 0 Å². The molecule has 0 fully saturated rings. The zero-order valence-electron chi connectivity index (χ0n) is 51.3. The van der Waals surface area contributed by atoms with Crippen LogP contribution in [0.25, 0.3) is 66.8 Å². The summed E-state index contributed by atoms with van der Waals surface area (Å²) in [5.74, 6) is 0. The predicted octanol–water partition coefficient (Wildman–Crippen LogP) is 22.1. The Kier molecular flexibility index (Phi) is 17.6. The van der Waals surface area contributed by atoms with E-state index in [1.807, 2.05) is 0 Å². The summed E-state index contributed by atoms with van der Waals surface area (Å²) in [6.45, 7) is 6.94. The molecule has 2 aliphatic heterocycles. The van der Waals surface area contributed by atoms with Gasteiger partial charge in [-0.1, -0.05) is 285 Å². The number of benzene rings is 11. The second kappa shape index (κ2) is 26.8. The monoisotopic (exact) mass is 1130 g/mol. The standard InChI is InChI=1S/C84H81BN2/c1-4-7-10-19-34-61-49-51-78-76(53-61)85-77-54-62(35-20-11-8-5-2)50-52-79(77)87(84-74(68-45-30-17-31-46-68)59-71(65-39-24-14-25-40-65)60-75(84)69-47-32-18-33-48-69)81-56-63(36-21-12-9-6-3)55-80(82(81)85)86(78)83-72(66-41-26-15-27-42-66)57-70(64-37-22-13-23-38-64)58-73(83)67-43-28-16-29-44-67/h13-18,22-33,37-60H,4-12,19-21,34-36H2,1-3H3. The van der Waals surface area contributed by atoms with Crippen LogP contribution in [0.4, 0.5) is 34.1 Å². The summed E-state index contributed by atoms with van der Waals surface area (Å²) in [7, 11) is 0. The van der Waals surface area contributed by atoms with Gasteiger partial charge in [-0.2, -0.15) is 0 Å². The number of rotatable bonds is 23. The zero-order chi connectivity index (χ0) is 58.9. The highest BCUT2D eigenvalue weighted by Crippen LogP contribution is 2.54. The lowest BCUT2D eigenvalue weighted by Crippen LogP contribution is -2.61. The van der Waals surface area contributed by atoms with Crippen LogP contribution in [0.15, 0.2) is 255 Å². The van der Waals surface area contributed by atoms with Gasteiger partial charge in [-0.15, -0.1) is 0 Å². The molecule has 0 spiro atoms. The summed E-state index contributed by atoms with van der Waals surface area (Å²) in [5, 5.41) is 0. The molecule has 0 saturated carbocycles. The van der Waals surface area contributed by atoms with Gasteiger partial charge in [-0.3, -0.25) is 0 Å². The molecule has 0 aliphatic carbocycles. The first kappa shape index (κ1) is 57.2. The van der Waals surface area contributed by atoms with Crippen molar-refractivity contribution in [1.82, 2.24) is 0 Å². The molecule has 3 heteroatoms. The number of hydrogen-bond donors (Lipinski definition) is 0. The van der Waals surface area contributed by atoms with Crippen molar-refractivity contribution < 1.29 is 0 Å². The van der Waals surface area contributed by atoms with Crippen LogP contribution in [0.2, 0.25) is 0 Å². The Hall–Kier alpha value is -8.92. The number of fused-ring (bicyclic) bond motifs is 4. The fraction of sp³-hybridized carbons (Fsp3) is 0.214. The van der Waals surface area contributed by atoms with Crippen LogP contribution in [-0.2, 0) is 19.3 Å². The van der Waals surface area contributed by atoms with Crippen LogP contribution < -0.4 is 26.2 Å². The molecule has 0 atom stereocenters. The number of aryl methyl sites for hydroxylation is 3. The summed E-state index contributed by atoms with van der Waals surface area (Å²) in [6, 6.07) is 97.5. The lowest BCUT2D eigenvalue weighted by Gasteiger charge is -2.46. The normalized spacial score (nSPS) is 12.2. The molecule has 13 rings (SSSR count). The van der Waals surface area contributed by atoms with Gasteiger partial charge in [-0.25, -0.2) is 0 Å². The second-order valence-electron chi connectivity index (χ2n) is 24.4. The van der Waals surface area contributed by atoms with Crippen molar-refractivity contribution in [3.8, 4) is 66.8 Å². The van der Waals surface area contributed by atoms with Gasteiger partial charge in [0, 0.05) is 45.0 Å². The maximum absolute atomic E-state index is 2.76. The first-order chi connectivity index (χ1) is 43.1. The first-order valence-corrected chi connectivity index (χ1v) is 32.8. The fourth-order valence-corrected chi connectivity index (χ4v) is 14.1. The minimum atomic E-state index is -0.0410. The molecule has 0 radical (unpaired) electrons. The van der Waals surface area contributed by atoms with Crippen LogP contribution in [0.3, 0.4) is 0 Å². The largest absolute Gasteiger partial charge is 0.310 e. The molecule has 0 bridgehead atoms. The average Bonchev–Trinajstić information content (AvgIpc) is 0.934. The van der Waals surface area contributed by atoms with Gasteiger partial charge in [0.25, 0.3) is 6.71 Å². The molecule has 430 valence electrons. The third-order valence-electron chi connectivity index (χ3n) is 18.4. The van der Waals surface area contributed by atoms with E-state index in [4.69, 9.17) is 0 Å². The van der Waals surface area contributed by atoms with Gasteiger partial charge in [0.1, 0.15) is 0 Å². The maximum atomic E-state index is 2.76. The van der Waals surface area contributed by atoms with Crippen molar-refractivity contribution in [3.63, 3.8) is 0 Å². The van der Waals surface area contributed by atoms with Gasteiger partial charge < -0.3 is 9.80 Å². The number of unbranched alkanes of at least 4 members (excludes halogenated alkanes) is 9. The number of nitrogens with zero attached hydrogens (tertiary/aromatic N) is 2. The Bertz CT molecular complexity index is 3720. The SMILES string of the molecule is CCCCCCc1ccc2c(c1)B1c3cc(CCCCCC)ccc3N(c3c(-c4ccccc4)cc(-c4ccccc4)cc3-c3ccccc3)c3cc(CCCCCC)cc(c31)N2c1c(-c2ccccc2)cc(-c2ccccc2)cc1-c1ccccc1. The maximum Gasteiger partial charge on any atom is 0.252 e. The summed E-state index contributed by atoms with van der Waals surface area (Å²) < 4.78 is 0. The molecule has 0 N–H and O–H groups in total. The van der Waals surface area contributed by atoms with Crippen molar-refractivity contribution in [2.24, 2.45) is 0 Å². The Balaban J connectivity index is 1.18. The molecule has 11 aromatic carbocycles. The Morgan fingerprint density at radius 3 is 0.862 bits per heavy atom. The van der Waals surface area contributed by atoms with Crippen molar-refractivity contribution in [2.75, 3.05) is 9.80 Å². The van der Waals surface area contributed by atoms with E-state index in [1.54, 1.807) is 0 Å². The highest BCUT2D eigenvalue weighted by Gasteiger charge is 2.45. The molecular weight excluding hydrogens is 1050 g/mol. The third kappa shape index (κ3) is 11.9. The van der Waals surface area contributed by atoms with Crippen LogP contribution in [-0.4, -0.2) is 6.71 Å². The highest BCUT2D eigenvalue weighted by molar-refractivity contribution is 7.00. The van der Waals surface area contributed by atoms with E-state index in [2.05, 4.69) is 285 Å². The van der Waals surface area contributed by atoms with Gasteiger partial charge in [0.2, 0.25) is 0 Å². The molecule has 2 nitrogen and oxygen atoms in total. The molecule has 0 saturated heterocycles. The predicted molar refractivity (Wildman–Crippen MR) is 377 cm³/mol. The van der Waals surface area contributed by atoms with Crippen LogP contribution in [0.1, 0.15) is 115 Å². The Morgan fingerprint density at radius 2 is 0.552 bits per heavy atom. The molecule has 2 heterocycles. The Morgan fingerprint density at radius 1 is 0.253 bits per heavy atom. The van der Waals surface area contributed by atoms with Crippen molar-refractivity contribution in [2.45, 2.75) is 117 Å². The molecule has 2 aliphatic rings. The molecule has 87 heavy (non-hydrogen) atoms. The molecular formula is C84H81BN2. The van der Waals surface area contributed by atoms with Crippen LogP contribution >= 0.6 is 0 Å². The summed E-state index contributed by atoms with van der Waals surface area (Å²) >= 11 is 0. The van der Waals surface area contributed by atoms with Crippen LogP contribution in [0, 0.1) is 0 Å². The van der Waals surface area contributed by atoms with Crippen molar-refractivity contribution in [1.29, 1.82) is 0 Å². The number of hydrogen-bond acceptors (Lipinski definition) is 2.